The van der Waals surface area contributed by atoms with Gasteiger partial charge in [0.2, 0.25) is 5.89 Å². The molecule has 0 fully saturated rings. The predicted octanol–water partition coefficient (Wildman–Crippen LogP) is 13.7. The van der Waals surface area contributed by atoms with Crippen LogP contribution in [0.25, 0.3) is 122 Å². The van der Waals surface area contributed by atoms with E-state index < -0.39 is 0 Å². The second kappa shape index (κ2) is 12.8. The molecule has 9 aromatic carbocycles. The van der Waals surface area contributed by atoms with E-state index in [4.69, 9.17) is 28.8 Å². The number of fused-ring (bicyclic) bond motifs is 9. The van der Waals surface area contributed by atoms with Gasteiger partial charge in [-0.25, -0.2) is 19.9 Å². The lowest BCUT2D eigenvalue weighted by atomic mass is 9.99. The molecule has 12 aromatic rings. The van der Waals surface area contributed by atoms with E-state index >= 15 is 0 Å². The summed E-state index contributed by atoms with van der Waals surface area (Å²) in [6.07, 6.45) is 0. The molecule has 0 aliphatic rings. The van der Waals surface area contributed by atoms with Gasteiger partial charge in [-0.1, -0.05) is 127 Å². The van der Waals surface area contributed by atoms with E-state index in [1.54, 1.807) is 0 Å². The minimum Gasteiger partial charge on any atom is -0.456 e. The van der Waals surface area contributed by atoms with Gasteiger partial charge in [0.15, 0.2) is 23.1 Å². The third kappa shape index (κ3) is 5.34. The fourth-order valence-corrected chi connectivity index (χ4v) is 8.21. The predicted molar refractivity (Wildman–Crippen MR) is 234 cm³/mol. The molecule has 58 heavy (non-hydrogen) atoms. The Hall–Kier alpha value is -7.96. The summed E-state index contributed by atoms with van der Waals surface area (Å²) in [6, 6.07) is 62.6. The Morgan fingerprint density at radius 3 is 1.72 bits per heavy atom. The second-order valence-corrected chi connectivity index (χ2v) is 14.7. The zero-order valence-electron chi connectivity index (χ0n) is 30.9. The van der Waals surface area contributed by atoms with Crippen LogP contribution in [-0.4, -0.2) is 19.9 Å². The number of hydrogen-bond acceptors (Lipinski definition) is 6. The Morgan fingerprint density at radius 1 is 0.310 bits per heavy atom. The molecule has 3 heterocycles. The van der Waals surface area contributed by atoms with E-state index in [-0.39, 0.29) is 0 Å². The first-order valence-electron chi connectivity index (χ1n) is 19.3. The Balaban J connectivity index is 1.04. The molecule has 0 spiro atoms. The van der Waals surface area contributed by atoms with Crippen LogP contribution >= 0.6 is 0 Å². The van der Waals surface area contributed by atoms with Crippen molar-refractivity contribution in [1.29, 1.82) is 0 Å². The average molecular weight is 743 g/mol. The molecule has 0 aliphatic carbocycles. The maximum atomic E-state index is 6.44. The Morgan fingerprint density at radius 2 is 0.931 bits per heavy atom. The summed E-state index contributed by atoms with van der Waals surface area (Å²) in [7, 11) is 0. The first-order chi connectivity index (χ1) is 28.7. The molecule has 0 amide bonds. The Kier molecular flexibility index (Phi) is 7.13. The van der Waals surface area contributed by atoms with Crippen LogP contribution in [0.4, 0.5) is 0 Å². The quantitative estimate of drug-likeness (QED) is 0.163. The van der Waals surface area contributed by atoms with Crippen molar-refractivity contribution < 1.29 is 8.83 Å². The van der Waals surface area contributed by atoms with Crippen molar-refractivity contribution in [2.75, 3.05) is 0 Å². The Bertz CT molecular complexity index is 3570. The highest BCUT2D eigenvalue weighted by atomic mass is 16.4. The van der Waals surface area contributed by atoms with E-state index in [1.807, 2.05) is 48.5 Å². The molecule has 0 atom stereocenters. The molecule has 270 valence electrons. The molecule has 0 bridgehead atoms. The van der Waals surface area contributed by atoms with Crippen LogP contribution in [0.15, 0.2) is 191 Å². The van der Waals surface area contributed by atoms with Gasteiger partial charge in [0.1, 0.15) is 16.7 Å². The monoisotopic (exact) mass is 742 g/mol. The first-order valence-corrected chi connectivity index (χ1v) is 19.3. The van der Waals surface area contributed by atoms with Crippen molar-refractivity contribution in [2.45, 2.75) is 0 Å². The standard InChI is InChI=1S/C52H30N4O2/c1-3-10-31(11-4-1)35-15-9-16-37(26-35)49-54-50(56-51(55-49)39-22-20-33-19-18-32-12-7-8-17-41(32)42(33)28-39)38-23-21-36-30-46-43(29-40(36)27-38)47-45(57-46)25-24-44-48(47)58-52(53-44)34-13-5-2-6-14-34/h1-30H. The summed E-state index contributed by atoms with van der Waals surface area (Å²) in [5.41, 5.74) is 8.89. The summed E-state index contributed by atoms with van der Waals surface area (Å²) in [5.74, 6) is 2.38. The summed E-state index contributed by atoms with van der Waals surface area (Å²) in [5, 5.41) is 8.64. The molecule has 0 radical (unpaired) electrons. The molecule has 0 aliphatic heterocycles. The zero-order valence-corrected chi connectivity index (χ0v) is 30.9. The number of hydrogen-bond donors (Lipinski definition) is 0. The van der Waals surface area contributed by atoms with Crippen LogP contribution < -0.4 is 0 Å². The molecule has 6 nitrogen and oxygen atoms in total. The summed E-state index contributed by atoms with van der Waals surface area (Å²) in [4.78, 5) is 20.3. The van der Waals surface area contributed by atoms with Crippen molar-refractivity contribution in [3.05, 3.63) is 182 Å². The van der Waals surface area contributed by atoms with Crippen LogP contribution in [0.3, 0.4) is 0 Å². The van der Waals surface area contributed by atoms with Gasteiger partial charge in [-0.2, -0.15) is 0 Å². The maximum Gasteiger partial charge on any atom is 0.227 e. The van der Waals surface area contributed by atoms with E-state index in [1.165, 1.54) is 16.2 Å². The van der Waals surface area contributed by atoms with Crippen molar-refractivity contribution in [3.63, 3.8) is 0 Å². The lowest BCUT2D eigenvalue weighted by Crippen LogP contribution is -2.00. The smallest absolute Gasteiger partial charge is 0.227 e. The number of furan rings is 1. The van der Waals surface area contributed by atoms with Crippen LogP contribution in [-0.2, 0) is 0 Å². The SMILES string of the molecule is c1ccc(-c2cccc(-c3nc(-c4ccc5cc6oc7ccc8nc(-c9ccccc9)oc8c7c6cc5c4)nc(-c4ccc5ccc6ccccc6c5c4)n3)c2)cc1. The fourth-order valence-electron chi connectivity index (χ4n) is 8.21. The minimum atomic E-state index is 0.580. The second-order valence-electron chi connectivity index (χ2n) is 14.7. The largest absolute Gasteiger partial charge is 0.456 e. The third-order valence-corrected chi connectivity index (χ3v) is 11.1. The van der Waals surface area contributed by atoms with Crippen LogP contribution in [0.2, 0.25) is 0 Å². The highest BCUT2D eigenvalue weighted by molar-refractivity contribution is 6.19. The number of aromatic nitrogens is 4. The van der Waals surface area contributed by atoms with Gasteiger partial charge in [0.25, 0.3) is 0 Å². The number of nitrogens with zero attached hydrogens (tertiary/aromatic N) is 4. The van der Waals surface area contributed by atoms with Gasteiger partial charge in [-0.15, -0.1) is 0 Å². The van der Waals surface area contributed by atoms with E-state index in [2.05, 4.69) is 133 Å². The van der Waals surface area contributed by atoms with Crippen molar-refractivity contribution in [1.82, 2.24) is 19.9 Å². The highest BCUT2D eigenvalue weighted by Gasteiger charge is 2.19. The van der Waals surface area contributed by atoms with E-state index in [0.29, 0.717) is 28.9 Å². The fraction of sp³-hybridized carbons (Fsp3) is 0. The zero-order chi connectivity index (χ0) is 38.2. The number of oxazole rings is 1. The van der Waals surface area contributed by atoms with E-state index in [0.717, 1.165) is 77.0 Å². The topological polar surface area (TPSA) is 77.8 Å². The van der Waals surface area contributed by atoms with Gasteiger partial charge < -0.3 is 8.83 Å². The summed E-state index contributed by atoms with van der Waals surface area (Å²) in [6.45, 7) is 0. The van der Waals surface area contributed by atoms with Crippen LogP contribution in [0.1, 0.15) is 0 Å². The number of rotatable bonds is 5. The van der Waals surface area contributed by atoms with E-state index in [9.17, 15) is 0 Å². The molecule has 0 N–H and O–H groups in total. The van der Waals surface area contributed by atoms with Gasteiger partial charge in [-0.3, -0.25) is 0 Å². The summed E-state index contributed by atoms with van der Waals surface area (Å²) >= 11 is 0. The summed E-state index contributed by atoms with van der Waals surface area (Å²) < 4.78 is 12.8. The van der Waals surface area contributed by atoms with Crippen molar-refractivity contribution >= 4 is 65.4 Å². The molecule has 0 unspecified atom stereocenters. The average Bonchev–Trinajstić information content (AvgIpc) is 3.90. The van der Waals surface area contributed by atoms with Gasteiger partial charge in [0, 0.05) is 27.6 Å². The van der Waals surface area contributed by atoms with Gasteiger partial charge in [0.05, 0.1) is 5.39 Å². The van der Waals surface area contributed by atoms with Crippen molar-refractivity contribution in [3.8, 4) is 56.7 Å². The number of benzene rings is 9. The van der Waals surface area contributed by atoms with Crippen molar-refractivity contribution in [2.24, 2.45) is 0 Å². The highest BCUT2D eigenvalue weighted by Crippen LogP contribution is 2.39. The Labute approximate surface area is 331 Å². The first kappa shape index (κ1) is 32.3. The molecular formula is C52H30N4O2. The molecule has 0 saturated heterocycles. The lowest BCUT2D eigenvalue weighted by Gasteiger charge is -2.11. The minimum absolute atomic E-state index is 0.580. The molecule has 3 aromatic heterocycles. The normalized spacial score (nSPS) is 11.8. The lowest BCUT2D eigenvalue weighted by molar-refractivity contribution is 0.622. The van der Waals surface area contributed by atoms with Crippen LogP contribution in [0.5, 0.6) is 0 Å². The maximum absolute atomic E-state index is 6.44. The van der Waals surface area contributed by atoms with Gasteiger partial charge in [-0.05, 0) is 98.0 Å². The van der Waals surface area contributed by atoms with Crippen LogP contribution in [0, 0.1) is 0 Å². The molecule has 12 rings (SSSR count). The molecule has 0 saturated carbocycles. The molecule has 6 heteroatoms. The molecular weight excluding hydrogens is 713 g/mol. The van der Waals surface area contributed by atoms with Gasteiger partial charge >= 0.3 is 0 Å². The third-order valence-electron chi connectivity index (χ3n) is 11.1.